The second-order valence-corrected chi connectivity index (χ2v) is 5.20. The lowest BCUT2D eigenvalue weighted by Crippen LogP contribution is -2.29. The van der Waals surface area contributed by atoms with Crippen molar-refractivity contribution in [2.24, 2.45) is 0 Å². The van der Waals surface area contributed by atoms with Gasteiger partial charge in [0.25, 0.3) is 5.91 Å². The Morgan fingerprint density at radius 2 is 2.08 bits per heavy atom. The Hall–Kier alpha value is -2.72. The number of hydrogen-bond acceptors (Lipinski definition) is 6. The lowest BCUT2D eigenvalue weighted by Gasteiger charge is -2.17. The highest BCUT2D eigenvalue weighted by molar-refractivity contribution is 5.97. The summed E-state index contributed by atoms with van der Waals surface area (Å²) in [6.45, 7) is 3.21. The third-order valence-electron chi connectivity index (χ3n) is 3.62. The van der Waals surface area contributed by atoms with Crippen LogP contribution in [0.25, 0.3) is 0 Å². The normalized spacial score (nSPS) is 10.8. The van der Waals surface area contributed by atoms with E-state index in [1.807, 2.05) is 31.2 Å². The molecule has 1 aromatic carbocycles. The van der Waals surface area contributed by atoms with Crippen molar-refractivity contribution in [3.63, 3.8) is 0 Å². The van der Waals surface area contributed by atoms with Crippen LogP contribution in [0.4, 0.5) is 0 Å². The van der Waals surface area contributed by atoms with Gasteiger partial charge in [-0.25, -0.2) is 0 Å². The first-order valence-corrected chi connectivity index (χ1v) is 8.05. The summed E-state index contributed by atoms with van der Waals surface area (Å²) in [4.78, 5) is 13.8. The summed E-state index contributed by atoms with van der Waals surface area (Å²) in [5.74, 6) is 0.847. The van der Waals surface area contributed by atoms with Gasteiger partial charge in [-0.1, -0.05) is 6.07 Å². The van der Waals surface area contributed by atoms with E-state index in [0.717, 1.165) is 5.56 Å². The number of rotatable bonds is 10. The van der Waals surface area contributed by atoms with Crippen LogP contribution in [0.3, 0.4) is 0 Å². The SMILES string of the molecule is CCN(/C=C(/C#N)C(=O)NCCc1ccc(OC)c(OC)c1)CCO. The number of nitrogens with zero attached hydrogens (tertiary/aromatic N) is 2. The molecule has 0 unspecified atom stereocenters. The van der Waals surface area contributed by atoms with E-state index < -0.39 is 5.91 Å². The Balaban J connectivity index is 2.64. The molecule has 25 heavy (non-hydrogen) atoms. The summed E-state index contributed by atoms with van der Waals surface area (Å²) in [6, 6.07) is 7.46. The summed E-state index contributed by atoms with van der Waals surface area (Å²) in [5, 5.41) is 20.8. The topological polar surface area (TPSA) is 94.8 Å². The molecule has 0 bridgehead atoms. The van der Waals surface area contributed by atoms with Crippen LogP contribution in [0.1, 0.15) is 12.5 Å². The van der Waals surface area contributed by atoms with Gasteiger partial charge in [0.2, 0.25) is 0 Å². The van der Waals surface area contributed by atoms with Gasteiger partial charge in [0, 0.05) is 25.8 Å². The van der Waals surface area contributed by atoms with Crippen LogP contribution in [0.15, 0.2) is 30.0 Å². The molecule has 0 fully saturated rings. The summed E-state index contributed by atoms with van der Waals surface area (Å²) >= 11 is 0. The molecule has 7 nitrogen and oxygen atoms in total. The summed E-state index contributed by atoms with van der Waals surface area (Å²) in [6.07, 6.45) is 2.07. The minimum atomic E-state index is -0.431. The van der Waals surface area contributed by atoms with Gasteiger partial charge in [-0.2, -0.15) is 5.26 Å². The number of ether oxygens (including phenoxy) is 2. The zero-order valence-electron chi connectivity index (χ0n) is 14.9. The van der Waals surface area contributed by atoms with E-state index in [0.29, 0.717) is 37.6 Å². The maximum Gasteiger partial charge on any atom is 0.263 e. The summed E-state index contributed by atoms with van der Waals surface area (Å²) in [5.41, 5.74) is 0.999. The number of likely N-dealkylation sites (N-methyl/N-ethyl adjacent to an activating group) is 1. The van der Waals surface area contributed by atoms with Crippen LogP contribution in [0.2, 0.25) is 0 Å². The minimum absolute atomic E-state index is 0.0163. The van der Waals surface area contributed by atoms with Gasteiger partial charge in [0.05, 0.1) is 20.8 Å². The van der Waals surface area contributed by atoms with Crippen LogP contribution >= 0.6 is 0 Å². The lowest BCUT2D eigenvalue weighted by atomic mass is 10.1. The second kappa shape index (κ2) is 10.9. The molecule has 0 heterocycles. The Bertz CT molecular complexity index is 638. The molecule has 7 heteroatoms. The van der Waals surface area contributed by atoms with E-state index in [9.17, 15) is 4.79 Å². The highest BCUT2D eigenvalue weighted by Crippen LogP contribution is 2.27. The predicted molar refractivity (Wildman–Crippen MR) is 94.3 cm³/mol. The van der Waals surface area contributed by atoms with Crippen molar-refractivity contribution in [1.82, 2.24) is 10.2 Å². The Morgan fingerprint density at radius 3 is 2.64 bits per heavy atom. The molecular formula is C18H25N3O4. The number of methoxy groups -OCH3 is 2. The highest BCUT2D eigenvalue weighted by atomic mass is 16.5. The fourth-order valence-corrected chi connectivity index (χ4v) is 2.21. The number of benzene rings is 1. The average Bonchev–Trinajstić information content (AvgIpc) is 2.64. The van der Waals surface area contributed by atoms with Crippen molar-refractivity contribution < 1.29 is 19.4 Å². The fraction of sp³-hybridized carbons (Fsp3) is 0.444. The number of carbonyl (C=O) groups excluding carboxylic acids is 1. The Kier molecular flexibility index (Phi) is 8.90. The van der Waals surface area contributed by atoms with Crippen LogP contribution in [-0.4, -0.2) is 56.4 Å². The number of carbonyl (C=O) groups is 1. The maximum atomic E-state index is 12.1. The summed E-state index contributed by atoms with van der Waals surface area (Å²) in [7, 11) is 3.14. The first-order chi connectivity index (χ1) is 12.1. The van der Waals surface area contributed by atoms with Crippen molar-refractivity contribution in [3.05, 3.63) is 35.5 Å². The highest BCUT2D eigenvalue weighted by Gasteiger charge is 2.11. The number of nitriles is 1. The zero-order valence-corrected chi connectivity index (χ0v) is 14.9. The van der Waals surface area contributed by atoms with Gasteiger partial charge in [-0.15, -0.1) is 0 Å². The van der Waals surface area contributed by atoms with E-state index in [1.54, 1.807) is 19.1 Å². The van der Waals surface area contributed by atoms with E-state index >= 15 is 0 Å². The van der Waals surface area contributed by atoms with Gasteiger partial charge < -0.3 is 24.8 Å². The first-order valence-electron chi connectivity index (χ1n) is 8.05. The Labute approximate surface area is 148 Å². The van der Waals surface area contributed by atoms with E-state index in [-0.39, 0.29) is 12.2 Å². The molecular weight excluding hydrogens is 322 g/mol. The van der Waals surface area contributed by atoms with Gasteiger partial charge in [0.15, 0.2) is 11.5 Å². The quantitative estimate of drug-likeness (QED) is 0.486. The van der Waals surface area contributed by atoms with Crippen molar-refractivity contribution in [2.75, 3.05) is 40.5 Å². The molecule has 0 aliphatic heterocycles. The number of amides is 1. The molecule has 0 aliphatic rings. The zero-order chi connectivity index (χ0) is 18.7. The smallest absolute Gasteiger partial charge is 0.263 e. The average molecular weight is 347 g/mol. The first kappa shape index (κ1) is 20.3. The fourth-order valence-electron chi connectivity index (χ4n) is 2.21. The Morgan fingerprint density at radius 1 is 1.36 bits per heavy atom. The lowest BCUT2D eigenvalue weighted by molar-refractivity contribution is -0.117. The third-order valence-corrected chi connectivity index (χ3v) is 3.62. The maximum absolute atomic E-state index is 12.1. The molecule has 0 spiro atoms. The standard InChI is InChI=1S/C18H25N3O4/c1-4-21(9-10-22)13-15(12-19)18(23)20-8-7-14-5-6-16(24-2)17(11-14)25-3/h5-6,11,13,22H,4,7-10H2,1-3H3,(H,20,23)/b15-13-. The molecule has 1 aromatic rings. The van der Waals surface area contributed by atoms with Crippen LogP contribution in [-0.2, 0) is 11.2 Å². The monoisotopic (exact) mass is 347 g/mol. The molecule has 136 valence electrons. The van der Waals surface area contributed by atoms with Gasteiger partial charge in [0.1, 0.15) is 11.6 Å². The minimum Gasteiger partial charge on any atom is -0.493 e. The molecule has 2 N–H and O–H groups in total. The molecule has 0 radical (unpaired) electrons. The number of aliphatic hydroxyl groups excluding tert-OH is 1. The van der Waals surface area contributed by atoms with E-state index in [1.165, 1.54) is 6.20 Å². The van der Waals surface area contributed by atoms with Crippen molar-refractivity contribution >= 4 is 5.91 Å². The van der Waals surface area contributed by atoms with Crippen molar-refractivity contribution in [3.8, 4) is 17.6 Å². The van der Waals surface area contributed by atoms with Crippen molar-refractivity contribution in [2.45, 2.75) is 13.3 Å². The number of aliphatic hydroxyl groups is 1. The molecule has 0 atom stereocenters. The predicted octanol–water partition coefficient (Wildman–Crippen LogP) is 1.08. The number of hydrogen-bond donors (Lipinski definition) is 2. The largest absolute Gasteiger partial charge is 0.493 e. The summed E-state index contributed by atoms with van der Waals surface area (Å²) < 4.78 is 10.4. The van der Waals surface area contributed by atoms with E-state index in [2.05, 4.69) is 5.32 Å². The van der Waals surface area contributed by atoms with Crippen LogP contribution in [0, 0.1) is 11.3 Å². The van der Waals surface area contributed by atoms with Crippen molar-refractivity contribution in [1.29, 1.82) is 5.26 Å². The van der Waals surface area contributed by atoms with E-state index in [4.69, 9.17) is 19.8 Å². The van der Waals surface area contributed by atoms with Crippen LogP contribution < -0.4 is 14.8 Å². The molecule has 0 aromatic heterocycles. The molecule has 1 amide bonds. The molecule has 0 saturated heterocycles. The third kappa shape index (κ3) is 6.36. The molecule has 0 aliphatic carbocycles. The van der Waals surface area contributed by atoms with Gasteiger partial charge in [-0.05, 0) is 31.0 Å². The van der Waals surface area contributed by atoms with Crippen LogP contribution in [0.5, 0.6) is 11.5 Å². The second-order valence-electron chi connectivity index (χ2n) is 5.20. The molecule has 0 saturated carbocycles. The number of nitrogens with one attached hydrogen (secondary N) is 1. The molecule has 1 rings (SSSR count). The van der Waals surface area contributed by atoms with Gasteiger partial charge >= 0.3 is 0 Å². The van der Waals surface area contributed by atoms with Gasteiger partial charge in [-0.3, -0.25) is 4.79 Å².